The molecule has 1 aliphatic rings. The summed E-state index contributed by atoms with van der Waals surface area (Å²) in [6.45, 7) is 6.86. The van der Waals surface area contributed by atoms with Crippen LogP contribution in [0.15, 0.2) is 12.7 Å². The minimum absolute atomic E-state index is 0.0104. The van der Waals surface area contributed by atoms with Crippen LogP contribution in [0.4, 0.5) is 4.79 Å². The molecule has 0 spiro atoms. The monoisotopic (exact) mass is 303 g/mol. The number of likely N-dealkylation sites (tertiary alicyclic amines) is 1. The van der Waals surface area contributed by atoms with Crippen molar-refractivity contribution in [1.82, 2.24) is 10.2 Å². The van der Waals surface area contributed by atoms with Gasteiger partial charge < -0.3 is 10.2 Å². The number of sulfonamides is 1. The third-order valence-electron chi connectivity index (χ3n) is 3.64. The van der Waals surface area contributed by atoms with E-state index in [4.69, 9.17) is 5.14 Å². The maximum atomic E-state index is 12.1. The Morgan fingerprint density at radius 1 is 1.50 bits per heavy atom. The maximum Gasteiger partial charge on any atom is 0.317 e. The van der Waals surface area contributed by atoms with Gasteiger partial charge in [-0.25, -0.2) is 18.4 Å². The van der Waals surface area contributed by atoms with Crippen molar-refractivity contribution < 1.29 is 13.2 Å². The van der Waals surface area contributed by atoms with Crippen molar-refractivity contribution in [3.63, 3.8) is 0 Å². The number of nitrogens with one attached hydrogen (secondary N) is 1. The summed E-state index contributed by atoms with van der Waals surface area (Å²) < 4.78 is 22.1. The smallest absolute Gasteiger partial charge is 0.317 e. The van der Waals surface area contributed by atoms with E-state index in [1.54, 1.807) is 11.0 Å². The summed E-state index contributed by atoms with van der Waals surface area (Å²) in [4.78, 5) is 13.8. The highest BCUT2D eigenvalue weighted by molar-refractivity contribution is 7.89. The molecule has 0 unspecified atom stereocenters. The first kappa shape index (κ1) is 17.0. The molecule has 0 aromatic carbocycles. The van der Waals surface area contributed by atoms with Gasteiger partial charge in [0.05, 0.1) is 5.75 Å². The van der Waals surface area contributed by atoms with Gasteiger partial charge in [-0.3, -0.25) is 0 Å². The van der Waals surface area contributed by atoms with Gasteiger partial charge in [-0.05, 0) is 31.6 Å². The second-order valence-corrected chi connectivity index (χ2v) is 7.00. The van der Waals surface area contributed by atoms with Crippen LogP contribution in [0.5, 0.6) is 0 Å². The minimum atomic E-state index is -3.42. The van der Waals surface area contributed by atoms with E-state index in [2.05, 4.69) is 11.9 Å². The number of piperidine rings is 1. The molecule has 1 heterocycles. The van der Waals surface area contributed by atoms with Gasteiger partial charge in [-0.2, -0.15) is 0 Å². The van der Waals surface area contributed by atoms with Crippen LogP contribution in [0.3, 0.4) is 0 Å². The minimum Gasteiger partial charge on any atom is -0.335 e. The number of nitrogens with zero attached hydrogens (tertiary/aromatic N) is 1. The normalized spacial score (nSPS) is 18.6. The third kappa shape index (κ3) is 5.92. The average Bonchev–Trinajstić information content (AvgIpc) is 2.37. The molecule has 1 fully saturated rings. The van der Waals surface area contributed by atoms with Gasteiger partial charge in [-0.15, -0.1) is 6.58 Å². The number of primary sulfonamides is 1. The molecule has 1 rings (SSSR count). The summed E-state index contributed by atoms with van der Waals surface area (Å²) in [7, 11) is -3.42. The van der Waals surface area contributed by atoms with Crippen LogP contribution in [0, 0.1) is 5.92 Å². The van der Waals surface area contributed by atoms with E-state index in [1.807, 2.05) is 6.92 Å². The van der Waals surface area contributed by atoms with Crippen LogP contribution in [0.2, 0.25) is 0 Å². The van der Waals surface area contributed by atoms with E-state index in [0.717, 1.165) is 12.8 Å². The summed E-state index contributed by atoms with van der Waals surface area (Å²) in [5.41, 5.74) is 0. The van der Waals surface area contributed by atoms with E-state index in [9.17, 15) is 13.2 Å². The fourth-order valence-corrected chi connectivity index (χ4v) is 3.42. The molecule has 6 nitrogen and oxygen atoms in total. The molecule has 20 heavy (non-hydrogen) atoms. The molecule has 0 aromatic heterocycles. The van der Waals surface area contributed by atoms with Crippen molar-refractivity contribution in [3.05, 3.63) is 12.7 Å². The third-order valence-corrected chi connectivity index (χ3v) is 4.58. The van der Waals surface area contributed by atoms with Crippen LogP contribution < -0.4 is 10.5 Å². The Kier molecular flexibility index (Phi) is 6.48. The Bertz CT molecular complexity index is 428. The van der Waals surface area contributed by atoms with Gasteiger partial charge in [-0.1, -0.05) is 13.0 Å². The lowest BCUT2D eigenvalue weighted by Gasteiger charge is -2.32. The first-order valence-electron chi connectivity index (χ1n) is 7.02. The fraction of sp³-hybridized carbons (Fsp3) is 0.769. The van der Waals surface area contributed by atoms with Gasteiger partial charge >= 0.3 is 6.03 Å². The van der Waals surface area contributed by atoms with Crippen molar-refractivity contribution in [2.24, 2.45) is 11.1 Å². The Hall–Kier alpha value is -1.08. The standard InChI is InChI=1S/C13H25N3O3S/c1-3-5-12(4-2)15-13(17)16-8-6-11(7-9-16)10-20(14,18)19/h3,11-12H,1,4-10H2,2H3,(H,15,17)(H2,14,18,19)/t12-/m1/s1. The summed E-state index contributed by atoms with van der Waals surface area (Å²) in [6.07, 6.45) is 4.78. The zero-order chi connectivity index (χ0) is 15.2. The Morgan fingerprint density at radius 3 is 2.55 bits per heavy atom. The summed E-state index contributed by atoms with van der Waals surface area (Å²) >= 11 is 0. The SMILES string of the molecule is C=CC[C@@H](CC)NC(=O)N1CCC(CS(N)(=O)=O)CC1. The maximum absolute atomic E-state index is 12.1. The number of amides is 2. The number of urea groups is 1. The van der Waals surface area contributed by atoms with Crippen LogP contribution in [-0.4, -0.2) is 44.2 Å². The quantitative estimate of drug-likeness (QED) is 0.718. The van der Waals surface area contributed by atoms with Crippen LogP contribution in [-0.2, 0) is 10.0 Å². The molecule has 1 atom stereocenters. The van der Waals surface area contributed by atoms with Crippen molar-refractivity contribution in [2.45, 2.75) is 38.6 Å². The topological polar surface area (TPSA) is 92.5 Å². The highest BCUT2D eigenvalue weighted by atomic mass is 32.2. The highest BCUT2D eigenvalue weighted by Crippen LogP contribution is 2.18. The van der Waals surface area contributed by atoms with Gasteiger partial charge in [0.2, 0.25) is 10.0 Å². The van der Waals surface area contributed by atoms with E-state index in [-0.39, 0.29) is 23.7 Å². The predicted molar refractivity (Wildman–Crippen MR) is 79.7 cm³/mol. The molecule has 3 N–H and O–H groups in total. The first-order valence-corrected chi connectivity index (χ1v) is 8.74. The van der Waals surface area contributed by atoms with Gasteiger partial charge in [0, 0.05) is 19.1 Å². The molecule has 1 saturated heterocycles. The fourth-order valence-electron chi connectivity index (χ4n) is 2.43. The van der Waals surface area contributed by atoms with E-state index < -0.39 is 10.0 Å². The van der Waals surface area contributed by atoms with Crippen molar-refractivity contribution in [3.8, 4) is 0 Å². The molecule has 116 valence electrons. The zero-order valence-corrected chi connectivity index (χ0v) is 12.9. The largest absolute Gasteiger partial charge is 0.335 e. The van der Waals surface area contributed by atoms with E-state index in [0.29, 0.717) is 25.9 Å². The molecule has 2 amide bonds. The van der Waals surface area contributed by atoms with Gasteiger partial charge in [0.15, 0.2) is 0 Å². The first-order chi connectivity index (χ1) is 9.35. The predicted octanol–water partition coefficient (Wildman–Crippen LogP) is 1.05. The second kappa shape index (κ2) is 7.64. The van der Waals surface area contributed by atoms with E-state index >= 15 is 0 Å². The van der Waals surface area contributed by atoms with Crippen molar-refractivity contribution in [1.29, 1.82) is 0 Å². The molecule has 7 heteroatoms. The lowest BCUT2D eigenvalue weighted by atomic mass is 9.99. The lowest BCUT2D eigenvalue weighted by Crippen LogP contribution is -2.48. The molecule has 1 aliphatic heterocycles. The number of hydrogen-bond acceptors (Lipinski definition) is 3. The second-order valence-electron chi connectivity index (χ2n) is 5.34. The number of carbonyl (C=O) groups is 1. The molecule has 0 radical (unpaired) electrons. The average molecular weight is 303 g/mol. The van der Waals surface area contributed by atoms with Gasteiger partial charge in [0.25, 0.3) is 0 Å². The number of carbonyl (C=O) groups excluding carboxylic acids is 1. The number of hydrogen-bond donors (Lipinski definition) is 2. The Balaban J connectivity index is 2.40. The Labute approximate surface area is 121 Å². The molecular formula is C13H25N3O3S. The molecule has 0 aliphatic carbocycles. The molecule has 0 saturated carbocycles. The van der Waals surface area contributed by atoms with E-state index in [1.165, 1.54) is 0 Å². The summed E-state index contributed by atoms with van der Waals surface area (Å²) in [5, 5.41) is 8.02. The van der Waals surface area contributed by atoms with Gasteiger partial charge in [0.1, 0.15) is 0 Å². The highest BCUT2D eigenvalue weighted by Gasteiger charge is 2.25. The van der Waals surface area contributed by atoms with Crippen molar-refractivity contribution in [2.75, 3.05) is 18.8 Å². The number of nitrogens with two attached hydrogens (primary N) is 1. The zero-order valence-electron chi connectivity index (χ0n) is 12.0. The summed E-state index contributed by atoms with van der Waals surface area (Å²) in [6, 6.07) is 0.0369. The molecule has 0 bridgehead atoms. The summed E-state index contributed by atoms with van der Waals surface area (Å²) in [5.74, 6) is 0.0699. The van der Waals surface area contributed by atoms with Crippen LogP contribution >= 0.6 is 0 Å². The van der Waals surface area contributed by atoms with Crippen LogP contribution in [0.25, 0.3) is 0 Å². The van der Waals surface area contributed by atoms with Crippen molar-refractivity contribution >= 4 is 16.1 Å². The number of rotatable bonds is 6. The lowest BCUT2D eigenvalue weighted by molar-refractivity contribution is 0.170. The van der Waals surface area contributed by atoms with Crippen LogP contribution in [0.1, 0.15) is 32.6 Å². The molecular weight excluding hydrogens is 278 g/mol. The molecule has 0 aromatic rings. The Morgan fingerprint density at radius 2 is 2.10 bits per heavy atom.